The van der Waals surface area contributed by atoms with Gasteiger partial charge < -0.3 is 36.4 Å². The molecule has 1 atom stereocenters. The number of likely N-dealkylation sites (tertiary alicyclic amines) is 1. The fourth-order valence-corrected chi connectivity index (χ4v) is 7.90. The summed E-state index contributed by atoms with van der Waals surface area (Å²) < 4.78 is 0. The molecule has 0 unspecified atom stereocenters. The molecule has 5 N–H and O–H groups in total. The molecule has 0 radical (unpaired) electrons. The lowest BCUT2D eigenvalue weighted by Gasteiger charge is -2.42. The maximum absolute atomic E-state index is 14.1. The van der Waals surface area contributed by atoms with E-state index < -0.39 is 6.04 Å². The number of hydrogen-bond acceptors (Lipinski definition) is 6. The van der Waals surface area contributed by atoms with E-state index in [2.05, 4.69) is 26.9 Å². The van der Waals surface area contributed by atoms with E-state index >= 15 is 0 Å². The van der Waals surface area contributed by atoms with Crippen LogP contribution in [-0.4, -0.2) is 115 Å². The van der Waals surface area contributed by atoms with Crippen LogP contribution in [0.15, 0.2) is 36.4 Å². The molecule has 0 bridgehead atoms. The first-order chi connectivity index (χ1) is 22.8. The molecule has 12 heteroatoms. The predicted octanol–water partition coefficient (Wildman–Crippen LogP) is 3.56. The van der Waals surface area contributed by atoms with Crippen LogP contribution < -0.4 is 21.7 Å². The number of aryl methyl sites for hydroxylation is 1. The van der Waals surface area contributed by atoms with Crippen molar-refractivity contribution in [2.45, 2.75) is 70.0 Å². The highest BCUT2D eigenvalue weighted by molar-refractivity contribution is 6.33. The number of nitrogens with one attached hydrogen (secondary N) is 3. The van der Waals surface area contributed by atoms with Gasteiger partial charge in [-0.15, -0.1) is 0 Å². The number of urea groups is 2. The maximum atomic E-state index is 14.1. The van der Waals surface area contributed by atoms with Gasteiger partial charge in [0.05, 0.1) is 10.7 Å². The fraction of sp³-hybridized carbons (Fsp3) is 0.571. The molecule has 0 spiro atoms. The van der Waals surface area contributed by atoms with Crippen molar-refractivity contribution < 1.29 is 14.4 Å². The standard InChI is InChI=1S/C35H49ClN8O3/c1-2-25-21-24(22-29(36)32(25)37)23-31(33(45)42-19-17-41(18-20-42)27-7-12-38-13-8-27)40-34(46)43-14-10-28(11-15-43)44-16-9-26-5-3-4-6-30(26)39-35(44)47/h3-6,21-22,27-28,31,38H,2,7-20,23,37H2,1H3,(H,39,47)(H,40,46)/t31-/m1/s1. The number of para-hydroxylation sites is 1. The first kappa shape index (κ1) is 33.4. The number of halogens is 1. The molecular weight excluding hydrogens is 616 g/mol. The van der Waals surface area contributed by atoms with Crippen molar-refractivity contribution in [3.05, 3.63) is 58.1 Å². The van der Waals surface area contributed by atoms with Gasteiger partial charge in [0.1, 0.15) is 6.04 Å². The van der Waals surface area contributed by atoms with Gasteiger partial charge in [-0.05, 0) is 80.4 Å². The van der Waals surface area contributed by atoms with Crippen LogP contribution in [0.5, 0.6) is 0 Å². The Balaban J connectivity index is 1.10. The van der Waals surface area contributed by atoms with Crippen molar-refractivity contribution in [1.29, 1.82) is 0 Å². The van der Waals surface area contributed by atoms with Gasteiger partial charge in [0, 0.05) is 70.0 Å². The van der Waals surface area contributed by atoms with Crippen molar-refractivity contribution in [1.82, 2.24) is 30.2 Å². The van der Waals surface area contributed by atoms with Gasteiger partial charge in [-0.1, -0.05) is 42.8 Å². The number of benzene rings is 2. The molecule has 4 aliphatic rings. The average molecular weight is 665 g/mol. The first-order valence-corrected chi connectivity index (χ1v) is 17.7. The van der Waals surface area contributed by atoms with E-state index in [9.17, 15) is 14.4 Å². The first-order valence-electron chi connectivity index (χ1n) is 17.3. The second-order valence-electron chi connectivity index (χ2n) is 13.3. The van der Waals surface area contributed by atoms with Gasteiger partial charge in [-0.25, -0.2) is 9.59 Å². The van der Waals surface area contributed by atoms with Gasteiger partial charge in [0.2, 0.25) is 5.91 Å². The summed E-state index contributed by atoms with van der Waals surface area (Å²) in [6, 6.07) is 11.3. The number of nitrogens with zero attached hydrogens (tertiary/aromatic N) is 4. The highest BCUT2D eigenvalue weighted by Gasteiger charge is 2.35. The minimum atomic E-state index is -0.732. The Labute approximate surface area is 283 Å². The molecule has 254 valence electrons. The second kappa shape index (κ2) is 15.1. The summed E-state index contributed by atoms with van der Waals surface area (Å²) in [5.74, 6) is -0.0648. The molecule has 4 aliphatic heterocycles. The van der Waals surface area contributed by atoms with Crippen molar-refractivity contribution in [3.63, 3.8) is 0 Å². The second-order valence-corrected chi connectivity index (χ2v) is 13.7. The zero-order valence-corrected chi connectivity index (χ0v) is 28.2. The fourth-order valence-electron chi connectivity index (χ4n) is 7.64. The summed E-state index contributed by atoms with van der Waals surface area (Å²) in [6.07, 6.45) is 5.48. The monoisotopic (exact) mass is 664 g/mol. The number of piperazine rings is 1. The average Bonchev–Trinajstić information content (AvgIpc) is 3.27. The third kappa shape index (κ3) is 7.79. The number of anilines is 2. The van der Waals surface area contributed by atoms with E-state index in [4.69, 9.17) is 17.3 Å². The van der Waals surface area contributed by atoms with E-state index in [1.165, 1.54) is 0 Å². The Morgan fingerprint density at radius 2 is 1.68 bits per heavy atom. The van der Waals surface area contributed by atoms with Crippen molar-refractivity contribution in [3.8, 4) is 0 Å². The number of carbonyl (C=O) groups excluding carboxylic acids is 3. The summed E-state index contributed by atoms with van der Waals surface area (Å²) in [7, 11) is 0. The SMILES string of the molecule is CCc1cc(C[C@@H](NC(=O)N2CCC(N3CCc4ccccc4NC3=O)CC2)C(=O)N2CCN(C3CCNCC3)CC2)cc(Cl)c1N. The molecule has 0 saturated carbocycles. The number of fused-ring (bicyclic) bond motifs is 1. The molecule has 4 heterocycles. The Hall–Kier alpha value is -3.54. The quantitative estimate of drug-likeness (QED) is 0.336. The van der Waals surface area contributed by atoms with Crippen molar-refractivity contribution in [2.75, 3.05) is 70.0 Å². The summed E-state index contributed by atoms with van der Waals surface area (Å²) in [5, 5.41) is 10.1. The van der Waals surface area contributed by atoms with E-state index in [1.54, 1.807) is 4.90 Å². The van der Waals surface area contributed by atoms with Crippen LogP contribution >= 0.6 is 11.6 Å². The lowest BCUT2D eigenvalue weighted by Crippen LogP contribution is -2.59. The van der Waals surface area contributed by atoms with Gasteiger partial charge in [-0.2, -0.15) is 0 Å². The van der Waals surface area contributed by atoms with Crippen LogP contribution in [0.4, 0.5) is 21.0 Å². The highest BCUT2D eigenvalue weighted by atomic mass is 35.5. The number of rotatable bonds is 7. The number of amides is 5. The van der Waals surface area contributed by atoms with Crippen molar-refractivity contribution >= 4 is 40.9 Å². The number of hydrogen-bond donors (Lipinski definition) is 4. The molecule has 3 saturated heterocycles. The zero-order chi connectivity index (χ0) is 32.9. The topological polar surface area (TPSA) is 126 Å². The van der Waals surface area contributed by atoms with Crippen LogP contribution in [-0.2, 0) is 24.1 Å². The van der Waals surface area contributed by atoms with E-state index in [1.807, 2.05) is 47.1 Å². The van der Waals surface area contributed by atoms with Crippen LogP contribution in [0, 0.1) is 0 Å². The van der Waals surface area contributed by atoms with E-state index in [-0.39, 0.29) is 24.0 Å². The van der Waals surface area contributed by atoms with Gasteiger partial charge in [0.15, 0.2) is 0 Å². The summed E-state index contributed by atoms with van der Waals surface area (Å²) in [4.78, 5) is 49.0. The van der Waals surface area contributed by atoms with Crippen LogP contribution in [0.3, 0.4) is 0 Å². The molecular formula is C35H49ClN8O3. The molecule has 11 nitrogen and oxygen atoms in total. The molecule has 2 aromatic rings. The Kier molecular flexibility index (Phi) is 10.7. The third-order valence-electron chi connectivity index (χ3n) is 10.5. The minimum Gasteiger partial charge on any atom is -0.397 e. The molecule has 0 aromatic heterocycles. The van der Waals surface area contributed by atoms with Gasteiger partial charge in [-0.3, -0.25) is 9.69 Å². The molecule has 0 aliphatic carbocycles. The highest BCUT2D eigenvalue weighted by Crippen LogP contribution is 2.27. The predicted molar refractivity (Wildman–Crippen MR) is 186 cm³/mol. The number of carbonyl (C=O) groups is 3. The van der Waals surface area contributed by atoms with Crippen LogP contribution in [0.2, 0.25) is 5.02 Å². The molecule has 47 heavy (non-hydrogen) atoms. The van der Waals surface area contributed by atoms with Crippen LogP contribution in [0.25, 0.3) is 0 Å². The van der Waals surface area contributed by atoms with Gasteiger partial charge >= 0.3 is 12.1 Å². The summed E-state index contributed by atoms with van der Waals surface area (Å²) in [5.41, 5.74) is 10.6. The molecule has 5 amide bonds. The van der Waals surface area contributed by atoms with E-state index in [0.29, 0.717) is 68.7 Å². The lowest BCUT2D eigenvalue weighted by atomic mass is 9.99. The van der Waals surface area contributed by atoms with Crippen molar-refractivity contribution in [2.24, 2.45) is 0 Å². The smallest absolute Gasteiger partial charge is 0.322 e. The maximum Gasteiger partial charge on any atom is 0.322 e. The zero-order valence-electron chi connectivity index (χ0n) is 27.5. The summed E-state index contributed by atoms with van der Waals surface area (Å²) >= 11 is 6.49. The summed E-state index contributed by atoms with van der Waals surface area (Å²) in [6.45, 7) is 8.74. The number of nitrogens with two attached hydrogens (primary N) is 1. The number of nitrogen functional groups attached to an aromatic ring is 1. The van der Waals surface area contributed by atoms with Gasteiger partial charge in [0.25, 0.3) is 0 Å². The molecule has 2 aromatic carbocycles. The largest absolute Gasteiger partial charge is 0.397 e. The normalized spacial score (nSPS) is 20.7. The molecule has 3 fully saturated rings. The Morgan fingerprint density at radius 1 is 0.957 bits per heavy atom. The van der Waals surface area contributed by atoms with Crippen LogP contribution in [0.1, 0.15) is 49.3 Å². The number of piperidine rings is 2. The molecule has 6 rings (SSSR count). The lowest BCUT2D eigenvalue weighted by molar-refractivity contribution is -0.135. The van der Waals surface area contributed by atoms with E-state index in [0.717, 1.165) is 74.2 Å². The third-order valence-corrected chi connectivity index (χ3v) is 10.8. The Bertz CT molecular complexity index is 1430. The minimum absolute atomic E-state index is 0.0476. The Morgan fingerprint density at radius 3 is 2.40 bits per heavy atom.